The highest BCUT2D eigenvalue weighted by Crippen LogP contribution is 2.21. The van der Waals surface area contributed by atoms with Gasteiger partial charge < -0.3 is 24.8 Å². The normalized spacial score (nSPS) is 22.9. The van der Waals surface area contributed by atoms with E-state index in [4.69, 9.17) is 14.6 Å². The summed E-state index contributed by atoms with van der Waals surface area (Å²) < 4.78 is 11.0. The van der Waals surface area contributed by atoms with Crippen molar-refractivity contribution in [1.82, 2.24) is 0 Å². The van der Waals surface area contributed by atoms with Crippen LogP contribution in [0.15, 0.2) is 12.2 Å². The number of aliphatic hydroxyl groups is 3. The van der Waals surface area contributed by atoms with Gasteiger partial charge >= 0.3 is 0 Å². The Hall–Kier alpha value is -0.460. The Morgan fingerprint density at radius 3 is 1.97 bits per heavy atom. The van der Waals surface area contributed by atoms with Crippen molar-refractivity contribution in [2.75, 3.05) is 19.8 Å². The van der Waals surface area contributed by atoms with Gasteiger partial charge in [-0.3, -0.25) is 0 Å². The second kappa shape index (κ2) is 19.2. The van der Waals surface area contributed by atoms with Gasteiger partial charge in [0.1, 0.15) is 24.4 Å². The minimum Gasteiger partial charge on any atom is -0.394 e. The lowest BCUT2D eigenvalue weighted by Crippen LogP contribution is -2.42. The van der Waals surface area contributed by atoms with Crippen molar-refractivity contribution in [2.24, 2.45) is 0 Å². The van der Waals surface area contributed by atoms with Crippen LogP contribution < -0.4 is 0 Å². The molecule has 0 bridgehead atoms. The minimum absolute atomic E-state index is 0.153. The van der Waals surface area contributed by atoms with Gasteiger partial charge in [0.2, 0.25) is 0 Å². The Balaban J connectivity index is 1.85. The number of ether oxygens (including phenoxy) is 2. The van der Waals surface area contributed by atoms with E-state index in [9.17, 15) is 10.2 Å². The zero-order valence-corrected chi connectivity index (χ0v) is 19.4. The molecule has 0 radical (unpaired) electrons. The highest BCUT2D eigenvalue weighted by atomic mass is 16.6. The molecule has 0 saturated carbocycles. The number of hydrogen-bond acceptors (Lipinski definition) is 5. The summed E-state index contributed by atoms with van der Waals surface area (Å²) in [5, 5.41) is 28.7. The van der Waals surface area contributed by atoms with E-state index in [-0.39, 0.29) is 13.2 Å². The molecule has 3 N–H and O–H groups in total. The molecular formula is C25H48O5. The van der Waals surface area contributed by atoms with Gasteiger partial charge in [-0.1, -0.05) is 83.3 Å². The summed E-state index contributed by atoms with van der Waals surface area (Å²) in [7, 11) is 0. The van der Waals surface area contributed by atoms with Crippen LogP contribution in [0.3, 0.4) is 0 Å². The molecule has 1 fully saturated rings. The molecule has 0 aromatic carbocycles. The van der Waals surface area contributed by atoms with E-state index >= 15 is 0 Å². The standard InChI is InChI=1S/C25H48O5/c1-2-3-4-5-6-7-8-9-10-11-12-13-14-15-16-17-18-19-29-25-23(28)21-30-24(25)22(27)20-26/h9-10,22-28H,2-8,11-21H2,1H3/b10-9+/t22-,23+,24-,25-/m1/s1. The SMILES string of the molecule is CCCCCCCC/C=C/CCCCCCCCCO[C@H]1[C@@H]([C@H](O)CO)OC[C@@H]1O. The Kier molecular flexibility index (Phi) is 17.7. The maximum atomic E-state index is 9.90. The van der Waals surface area contributed by atoms with Crippen molar-refractivity contribution in [3.8, 4) is 0 Å². The molecule has 0 unspecified atom stereocenters. The van der Waals surface area contributed by atoms with Crippen LogP contribution in [0.5, 0.6) is 0 Å². The van der Waals surface area contributed by atoms with E-state index in [0.29, 0.717) is 6.61 Å². The molecule has 4 atom stereocenters. The zero-order chi connectivity index (χ0) is 21.9. The smallest absolute Gasteiger partial charge is 0.114 e. The minimum atomic E-state index is -1.00. The summed E-state index contributed by atoms with van der Waals surface area (Å²) in [6.45, 7) is 2.59. The monoisotopic (exact) mass is 428 g/mol. The number of allylic oxidation sites excluding steroid dienone is 2. The summed E-state index contributed by atoms with van der Waals surface area (Å²) in [5.41, 5.74) is 0. The van der Waals surface area contributed by atoms with E-state index in [1.165, 1.54) is 83.5 Å². The Labute approximate surface area is 184 Å². The maximum absolute atomic E-state index is 9.90. The molecule has 0 aliphatic carbocycles. The van der Waals surface area contributed by atoms with Crippen LogP contribution in [0, 0.1) is 0 Å². The Morgan fingerprint density at radius 2 is 1.40 bits per heavy atom. The molecule has 1 aliphatic rings. The molecule has 1 saturated heterocycles. The van der Waals surface area contributed by atoms with Crippen LogP contribution in [0.4, 0.5) is 0 Å². The fraction of sp³-hybridized carbons (Fsp3) is 0.920. The first-order chi connectivity index (χ1) is 14.7. The quantitative estimate of drug-likeness (QED) is 0.190. The van der Waals surface area contributed by atoms with Gasteiger partial charge in [-0.25, -0.2) is 0 Å². The van der Waals surface area contributed by atoms with Crippen molar-refractivity contribution in [3.63, 3.8) is 0 Å². The van der Waals surface area contributed by atoms with E-state index < -0.39 is 24.4 Å². The van der Waals surface area contributed by atoms with Gasteiger partial charge in [-0.15, -0.1) is 0 Å². The van der Waals surface area contributed by atoms with Crippen LogP contribution in [-0.4, -0.2) is 59.6 Å². The molecule has 1 rings (SSSR count). The van der Waals surface area contributed by atoms with Crippen LogP contribution in [-0.2, 0) is 9.47 Å². The third-order valence-corrected chi connectivity index (χ3v) is 5.95. The molecule has 178 valence electrons. The highest BCUT2D eigenvalue weighted by Gasteiger charge is 2.40. The summed E-state index contributed by atoms with van der Waals surface area (Å²) >= 11 is 0. The lowest BCUT2D eigenvalue weighted by molar-refractivity contribution is -0.0938. The van der Waals surface area contributed by atoms with E-state index in [2.05, 4.69) is 19.1 Å². The lowest BCUT2D eigenvalue weighted by atomic mass is 10.1. The summed E-state index contributed by atoms with van der Waals surface area (Å²) in [6, 6.07) is 0. The molecule has 0 spiro atoms. The lowest BCUT2D eigenvalue weighted by Gasteiger charge is -2.23. The molecular weight excluding hydrogens is 380 g/mol. The summed E-state index contributed by atoms with van der Waals surface area (Å²) in [4.78, 5) is 0. The van der Waals surface area contributed by atoms with E-state index in [1.807, 2.05) is 0 Å². The van der Waals surface area contributed by atoms with E-state index in [1.54, 1.807) is 0 Å². The molecule has 0 aromatic heterocycles. The van der Waals surface area contributed by atoms with Gasteiger partial charge in [0.25, 0.3) is 0 Å². The largest absolute Gasteiger partial charge is 0.394 e. The molecule has 5 heteroatoms. The Bertz CT molecular complexity index is 401. The summed E-state index contributed by atoms with van der Waals surface area (Å²) in [5.74, 6) is 0. The van der Waals surface area contributed by atoms with Crippen molar-refractivity contribution in [3.05, 3.63) is 12.2 Å². The third kappa shape index (κ3) is 13.1. The first kappa shape index (κ1) is 27.6. The van der Waals surface area contributed by atoms with Gasteiger partial charge in [0.15, 0.2) is 0 Å². The van der Waals surface area contributed by atoms with Crippen LogP contribution >= 0.6 is 0 Å². The fourth-order valence-corrected chi connectivity index (χ4v) is 4.00. The highest BCUT2D eigenvalue weighted by molar-refractivity contribution is 4.89. The third-order valence-electron chi connectivity index (χ3n) is 5.95. The second-order valence-electron chi connectivity index (χ2n) is 8.74. The van der Waals surface area contributed by atoms with Crippen LogP contribution in [0.25, 0.3) is 0 Å². The van der Waals surface area contributed by atoms with Gasteiger partial charge in [0, 0.05) is 6.61 Å². The van der Waals surface area contributed by atoms with Crippen molar-refractivity contribution in [1.29, 1.82) is 0 Å². The van der Waals surface area contributed by atoms with Gasteiger partial charge in [-0.05, 0) is 32.1 Å². The Morgan fingerprint density at radius 1 is 0.867 bits per heavy atom. The molecule has 1 heterocycles. The molecule has 5 nitrogen and oxygen atoms in total. The van der Waals surface area contributed by atoms with Crippen molar-refractivity contribution >= 4 is 0 Å². The molecule has 1 aliphatic heterocycles. The van der Waals surface area contributed by atoms with Crippen LogP contribution in [0.2, 0.25) is 0 Å². The number of rotatable bonds is 20. The van der Waals surface area contributed by atoms with Crippen molar-refractivity contribution < 1.29 is 24.8 Å². The second-order valence-corrected chi connectivity index (χ2v) is 8.74. The predicted octanol–water partition coefficient (Wildman–Crippen LogP) is 4.91. The number of hydrogen-bond donors (Lipinski definition) is 3. The molecule has 0 aromatic rings. The molecule has 0 amide bonds. The average molecular weight is 429 g/mol. The predicted molar refractivity (Wildman–Crippen MR) is 123 cm³/mol. The van der Waals surface area contributed by atoms with Gasteiger partial charge in [-0.2, -0.15) is 0 Å². The average Bonchev–Trinajstić information content (AvgIpc) is 3.12. The topological polar surface area (TPSA) is 79.2 Å². The zero-order valence-electron chi connectivity index (χ0n) is 19.4. The number of unbranched alkanes of at least 4 members (excludes halogenated alkanes) is 13. The van der Waals surface area contributed by atoms with E-state index in [0.717, 1.165) is 12.8 Å². The van der Waals surface area contributed by atoms with Gasteiger partial charge in [0.05, 0.1) is 13.2 Å². The van der Waals surface area contributed by atoms with Crippen molar-refractivity contribution in [2.45, 2.75) is 128 Å². The first-order valence-electron chi connectivity index (χ1n) is 12.6. The summed E-state index contributed by atoms with van der Waals surface area (Å²) in [6.07, 6.45) is 21.0. The fourth-order valence-electron chi connectivity index (χ4n) is 4.00. The maximum Gasteiger partial charge on any atom is 0.114 e. The first-order valence-corrected chi connectivity index (χ1v) is 12.6. The molecule has 30 heavy (non-hydrogen) atoms. The number of aliphatic hydroxyl groups excluding tert-OH is 3. The van der Waals surface area contributed by atoms with Crippen LogP contribution in [0.1, 0.15) is 103 Å².